The van der Waals surface area contributed by atoms with Crippen molar-refractivity contribution < 1.29 is 14.2 Å². The maximum Gasteiger partial charge on any atom is 0.275 e. The molecule has 0 amide bonds. The molecule has 1 aliphatic heterocycles. The van der Waals surface area contributed by atoms with Crippen molar-refractivity contribution in [3.05, 3.63) is 86.9 Å². The average molecular weight is 540 g/mol. The Labute approximate surface area is 225 Å². The molecule has 200 valence electrons. The fourth-order valence-corrected chi connectivity index (χ4v) is 5.22. The molecule has 0 saturated carbocycles. The summed E-state index contributed by atoms with van der Waals surface area (Å²) in [4.78, 5) is 20.5. The highest BCUT2D eigenvalue weighted by atomic mass is 35.5. The second-order valence-electron chi connectivity index (χ2n) is 9.81. The monoisotopic (exact) mass is 539 g/mol. The van der Waals surface area contributed by atoms with Gasteiger partial charge < -0.3 is 29.0 Å². The molecule has 1 saturated heterocycles. The highest BCUT2D eigenvalue weighted by Gasteiger charge is 2.19. The van der Waals surface area contributed by atoms with Crippen LogP contribution in [0.5, 0.6) is 0 Å². The predicted molar refractivity (Wildman–Crippen MR) is 146 cm³/mol. The van der Waals surface area contributed by atoms with Gasteiger partial charge in [-0.15, -0.1) is 0 Å². The van der Waals surface area contributed by atoms with Gasteiger partial charge >= 0.3 is 0 Å². The molecule has 0 spiro atoms. The van der Waals surface area contributed by atoms with Crippen LogP contribution in [0.25, 0.3) is 16.6 Å². The molecule has 38 heavy (non-hydrogen) atoms. The number of aliphatic hydroxyl groups excluding tert-OH is 1. The minimum absolute atomic E-state index is 0.100. The lowest BCUT2D eigenvalue weighted by Gasteiger charge is -2.29. The van der Waals surface area contributed by atoms with Gasteiger partial charge in [0.2, 0.25) is 0 Å². The number of aromatic nitrogens is 3. The fraction of sp³-hybridized carbons (Fsp3) is 0.357. The van der Waals surface area contributed by atoms with Crippen molar-refractivity contribution >= 4 is 22.9 Å². The minimum Gasteiger partial charge on any atom is -0.392 e. The van der Waals surface area contributed by atoms with Crippen molar-refractivity contribution in [1.82, 2.24) is 18.9 Å². The number of hydrogen-bond acceptors (Lipinski definition) is 6. The largest absolute Gasteiger partial charge is 0.392 e. The van der Waals surface area contributed by atoms with Crippen LogP contribution < -0.4 is 10.9 Å². The van der Waals surface area contributed by atoms with Gasteiger partial charge in [0.05, 0.1) is 30.5 Å². The third-order valence-corrected chi connectivity index (χ3v) is 7.45. The van der Waals surface area contributed by atoms with E-state index in [0.717, 1.165) is 42.9 Å². The van der Waals surface area contributed by atoms with E-state index in [1.807, 2.05) is 18.5 Å². The molecule has 10 heteroatoms. The van der Waals surface area contributed by atoms with Crippen LogP contribution in [-0.4, -0.2) is 57.2 Å². The third-order valence-electron chi connectivity index (χ3n) is 7.14. The van der Waals surface area contributed by atoms with E-state index in [4.69, 9.17) is 16.3 Å². The van der Waals surface area contributed by atoms with E-state index in [9.17, 15) is 14.3 Å². The summed E-state index contributed by atoms with van der Waals surface area (Å²) in [5, 5.41) is 13.7. The molecule has 1 aliphatic rings. The summed E-state index contributed by atoms with van der Waals surface area (Å²) >= 11 is 6.56. The van der Waals surface area contributed by atoms with Gasteiger partial charge in [-0.3, -0.25) is 4.79 Å². The van der Waals surface area contributed by atoms with Crippen molar-refractivity contribution in [2.75, 3.05) is 32.6 Å². The number of ether oxygens (including phenoxy) is 1. The topological polar surface area (TPSA) is 84.0 Å². The van der Waals surface area contributed by atoms with Crippen LogP contribution in [0.1, 0.15) is 29.7 Å². The van der Waals surface area contributed by atoms with Gasteiger partial charge in [-0.05, 0) is 68.4 Å². The molecule has 5 rings (SSSR count). The minimum atomic E-state index is -0.429. The number of fused-ring (bicyclic) bond motifs is 1. The van der Waals surface area contributed by atoms with E-state index in [-0.39, 0.29) is 25.3 Å². The number of piperidine rings is 1. The summed E-state index contributed by atoms with van der Waals surface area (Å²) in [6.07, 6.45) is 7.40. The van der Waals surface area contributed by atoms with Gasteiger partial charge in [0, 0.05) is 42.9 Å². The first-order valence-corrected chi connectivity index (χ1v) is 13.0. The molecule has 0 bridgehead atoms. The lowest BCUT2D eigenvalue weighted by Crippen LogP contribution is -2.36. The van der Waals surface area contributed by atoms with Gasteiger partial charge in [-0.1, -0.05) is 17.7 Å². The van der Waals surface area contributed by atoms with Crippen molar-refractivity contribution in [3.63, 3.8) is 0 Å². The Hall–Kier alpha value is -3.24. The summed E-state index contributed by atoms with van der Waals surface area (Å²) in [5.41, 5.74) is 3.45. The molecule has 0 unspecified atom stereocenters. The zero-order chi connectivity index (χ0) is 26.8. The van der Waals surface area contributed by atoms with Crippen LogP contribution in [0, 0.1) is 5.82 Å². The van der Waals surface area contributed by atoms with Crippen LogP contribution in [-0.2, 0) is 24.5 Å². The maximum atomic E-state index is 14.0. The molecule has 3 aromatic heterocycles. The Kier molecular flexibility index (Phi) is 7.80. The zero-order valence-electron chi connectivity index (χ0n) is 21.5. The van der Waals surface area contributed by atoms with E-state index in [0.29, 0.717) is 33.4 Å². The number of hydrogen-bond donors (Lipinski definition) is 2. The fourth-order valence-electron chi connectivity index (χ4n) is 5.01. The van der Waals surface area contributed by atoms with Crippen molar-refractivity contribution in [2.45, 2.75) is 38.6 Å². The number of nitrogens with zero attached hydrogens (tertiary/aromatic N) is 4. The molecule has 2 N–H and O–H groups in total. The first kappa shape index (κ1) is 26.4. The van der Waals surface area contributed by atoms with Crippen LogP contribution in [0.3, 0.4) is 0 Å². The Balaban J connectivity index is 1.52. The average Bonchev–Trinajstić information content (AvgIpc) is 3.33. The molecule has 1 fully saturated rings. The number of rotatable bonds is 8. The molecular formula is C28H31ClFN5O3. The van der Waals surface area contributed by atoms with Gasteiger partial charge in [0.25, 0.3) is 5.56 Å². The number of methoxy groups -OCH3 is 1. The number of halogens is 2. The molecule has 4 aromatic rings. The lowest BCUT2D eigenvalue weighted by atomic mass is 10.1. The Bertz CT molecular complexity index is 1510. The summed E-state index contributed by atoms with van der Waals surface area (Å²) in [5.74, 6) is 0.316. The SMILES string of the molecule is COCc1cn2cc(-c3cc(NC4CCN(C)CC4)ncc3Cl)cc2c(=O)n1Cc1cc(F)ccc1CO. The predicted octanol–water partition coefficient (Wildman–Crippen LogP) is 4.15. The highest BCUT2D eigenvalue weighted by molar-refractivity contribution is 6.33. The van der Waals surface area contributed by atoms with Gasteiger partial charge in [0.15, 0.2) is 0 Å². The van der Waals surface area contributed by atoms with Crippen LogP contribution >= 0.6 is 11.6 Å². The van der Waals surface area contributed by atoms with Crippen molar-refractivity contribution in [1.29, 1.82) is 0 Å². The smallest absolute Gasteiger partial charge is 0.275 e. The van der Waals surface area contributed by atoms with Crippen molar-refractivity contribution in [2.24, 2.45) is 0 Å². The summed E-state index contributed by atoms with van der Waals surface area (Å²) in [6.45, 7) is 2.10. The molecule has 8 nitrogen and oxygen atoms in total. The molecule has 0 atom stereocenters. The summed E-state index contributed by atoms with van der Waals surface area (Å²) in [7, 11) is 3.68. The molecular weight excluding hydrogens is 509 g/mol. The van der Waals surface area contributed by atoms with Crippen LogP contribution in [0.4, 0.5) is 10.2 Å². The number of nitrogens with one attached hydrogen (secondary N) is 1. The number of pyridine rings is 1. The second-order valence-corrected chi connectivity index (χ2v) is 10.2. The Morgan fingerprint density at radius 2 is 1.97 bits per heavy atom. The van der Waals surface area contributed by atoms with E-state index in [1.54, 1.807) is 28.3 Å². The first-order chi connectivity index (χ1) is 18.4. The normalized spacial score (nSPS) is 14.9. The second kappa shape index (κ2) is 11.2. The van der Waals surface area contributed by atoms with Crippen molar-refractivity contribution in [3.8, 4) is 11.1 Å². The summed E-state index contributed by atoms with van der Waals surface area (Å²) < 4.78 is 22.7. The van der Waals surface area contributed by atoms with E-state index < -0.39 is 5.82 Å². The Morgan fingerprint density at radius 3 is 2.71 bits per heavy atom. The van der Waals surface area contributed by atoms with E-state index >= 15 is 0 Å². The van der Waals surface area contributed by atoms with Crippen LogP contribution in [0.15, 0.2) is 53.7 Å². The number of benzene rings is 1. The molecule has 4 heterocycles. The summed E-state index contributed by atoms with van der Waals surface area (Å²) in [6, 6.07) is 8.24. The number of likely N-dealkylation sites (tertiary alicyclic amines) is 1. The maximum absolute atomic E-state index is 14.0. The van der Waals surface area contributed by atoms with E-state index in [1.165, 1.54) is 18.2 Å². The van der Waals surface area contributed by atoms with Gasteiger partial charge in [-0.2, -0.15) is 0 Å². The third kappa shape index (κ3) is 5.47. The molecule has 0 radical (unpaired) electrons. The lowest BCUT2D eigenvalue weighted by molar-refractivity contribution is 0.177. The molecule has 0 aliphatic carbocycles. The van der Waals surface area contributed by atoms with E-state index in [2.05, 4.69) is 22.2 Å². The van der Waals surface area contributed by atoms with Gasteiger partial charge in [0.1, 0.15) is 17.2 Å². The number of anilines is 1. The van der Waals surface area contributed by atoms with Crippen LogP contribution in [0.2, 0.25) is 5.02 Å². The standard InChI is InChI=1S/C28H31ClFN5O3/c1-33-7-5-22(6-8-33)32-27-11-24(25(29)12-31-27)20-10-26-28(37)35(23(17-38-2)15-34(26)13-20)14-19-9-21(30)4-3-18(19)16-36/h3-4,9-13,15,22,36H,5-8,14,16-17H2,1-2H3,(H,31,32). The quantitative estimate of drug-likeness (QED) is 0.350. The first-order valence-electron chi connectivity index (χ1n) is 12.6. The highest BCUT2D eigenvalue weighted by Crippen LogP contribution is 2.31. The Morgan fingerprint density at radius 1 is 1.18 bits per heavy atom. The zero-order valence-corrected chi connectivity index (χ0v) is 22.2. The number of aliphatic hydroxyl groups is 1. The molecule has 1 aromatic carbocycles. The van der Waals surface area contributed by atoms with Gasteiger partial charge in [-0.25, -0.2) is 9.37 Å².